The van der Waals surface area contributed by atoms with Gasteiger partial charge in [-0.15, -0.1) is 0 Å². The van der Waals surface area contributed by atoms with Gasteiger partial charge in [-0.1, -0.05) is 60.1 Å². The first-order valence-corrected chi connectivity index (χ1v) is 11.6. The lowest BCUT2D eigenvalue weighted by Crippen LogP contribution is -2.50. The monoisotopic (exact) mass is 451 g/mol. The van der Waals surface area contributed by atoms with Gasteiger partial charge in [0, 0.05) is 25.2 Å². The lowest BCUT2D eigenvalue weighted by Gasteiger charge is -2.30. The molecule has 0 aliphatic heterocycles. The third kappa shape index (κ3) is 6.83. The van der Waals surface area contributed by atoms with E-state index in [0.29, 0.717) is 5.02 Å². The van der Waals surface area contributed by atoms with Crippen molar-refractivity contribution in [2.24, 2.45) is 0 Å². The fourth-order valence-electron chi connectivity index (χ4n) is 2.73. The van der Waals surface area contributed by atoms with Gasteiger partial charge < -0.3 is 10.2 Å². The second kappa shape index (κ2) is 10.6. The van der Waals surface area contributed by atoms with Crippen LogP contribution in [0.15, 0.2) is 54.6 Å². The summed E-state index contributed by atoms with van der Waals surface area (Å²) in [6.07, 6.45) is 1.03. The summed E-state index contributed by atoms with van der Waals surface area (Å²) in [6.45, 7) is 1.66. The highest BCUT2D eigenvalue weighted by atomic mass is 35.5. The van der Waals surface area contributed by atoms with Gasteiger partial charge >= 0.3 is 0 Å². The summed E-state index contributed by atoms with van der Waals surface area (Å²) in [5, 5.41) is 3.33. The van der Waals surface area contributed by atoms with E-state index in [1.54, 1.807) is 25.1 Å². The smallest absolute Gasteiger partial charge is 0.242 e. The van der Waals surface area contributed by atoms with Crippen molar-refractivity contribution in [3.05, 3.63) is 70.7 Å². The Morgan fingerprint density at radius 2 is 1.67 bits per heavy atom. The van der Waals surface area contributed by atoms with Crippen LogP contribution in [0.3, 0.4) is 0 Å². The molecule has 1 N–H and O–H groups in total. The van der Waals surface area contributed by atoms with Gasteiger partial charge in [0.25, 0.3) is 0 Å². The molecule has 30 heavy (non-hydrogen) atoms. The van der Waals surface area contributed by atoms with Gasteiger partial charge in [-0.3, -0.25) is 9.59 Å². The van der Waals surface area contributed by atoms with Gasteiger partial charge in [0.1, 0.15) is 6.04 Å². The van der Waals surface area contributed by atoms with Gasteiger partial charge in [0.05, 0.1) is 12.8 Å². The van der Waals surface area contributed by atoms with Crippen molar-refractivity contribution in [3.8, 4) is 0 Å². The maximum Gasteiger partial charge on any atom is 0.242 e. The summed E-state index contributed by atoms with van der Waals surface area (Å²) < 4.78 is 24.4. The van der Waals surface area contributed by atoms with Crippen molar-refractivity contribution in [1.29, 1.82) is 0 Å². The van der Waals surface area contributed by atoms with E-state index >= 15 is 0 Å². The van der Waals surface area contributed by atoms with Crippen molar-refractivity contribution in [1.82, 2.24) is 14.5 Å². The third-order valence-electron chi connectivity index (χ3n) is 4.70. The molecule has 2 aromatic rings. The second-order valence-electron chi connectivity index (χ2n) is 7.01. The zero-order chi connectivity index (χ0) is 22.3. The van der Waals surface area contributed by atoms with E-state index in [4.69, 9.17) is 11.6 Å². The largest absolute Gasteiger partial charge is 0.350 e. The van der Waals surface area contributed by atoms with Gasteiger partial charge in [0.15, 0.2) is 0 Å². The minimum Gasteiger partial charge on any atom is -0.350 e. The summed E-state index contributed by atoms with van der Waals surface area (Å²) in [4.78, 5) is 27.0. The van der Waals surface area contributed by atoms with Crippen LogP contribution in [-0.2, 0) is 32.7 Å². The van der Waals surface area contributed by atoms with Crippen LogP contribution in [0.1, 0.15) is 18.1 Å². The van der Waals surface area contributed by atoms with Crippen LogP contribution >= 0.6 is 11.6 Å². The van der Waals surface area contributed by atoms with Crippen molar-refractivity contribution in [2.45, 2.75) is 26.1 Å². The van der Waals surface area contributed by atoms with Crippen molar-refractivity contribution >= 4 is 33.4 Å². The molecule has 0 aliphatic carbocycles. The van der Waals surface area contributed by atoms with Crippen molar-refractivity contribution in [3.63, 3.8) is 0 Å². The average molecular weight is 452 g/mol. The Hall–Kier alpha value is -2.42. The molecule has 0 saturated heterocycles. The first-order chi connectivity index (χ1) is 14.1. The zero-order valence-corrected chi connectivity index (χ0v) is 18.8. The molecule has 2 rings (SSSR count). The molecule has 0 saturated carbocycles. The molecule has 0 unspecified atom stereocenters. The SMILES string of the molecule is C[C@@H](C(=O)NCc1ccccc1Cl)N(Cc1ccccc1)C(=O)CN(C)S(C)(=O)=O. The molecule has 1 atom stereocenters. The first kappa shape index (κ1) is 23.9. The van der Waals surface area contributed by atoms with E-state index in [1.165, 1.54) is 11.9 Å². The van der Waals surface area contributed by atoms with E-state index in [9.17, 15) is 18.0 Å². The Labute approximate surface area is 182 Å². The number of amides is 2. The number of hydrogen-bond donors (Lipinski definition) is 1. The Balaban J connectivity index is 2.16. The lowest BCUT2D eigenvalue weighted by atomic mass is 10.1. The van der Waals surface area contributed by atoms with Crippen LogP contribution in [0.2, 0.25) is 5.02 Å². The summed E-state index contributed by atoms with van der Waals surface area (Å²) in [5.41, 5.74) is 1.59. The molecule has 0 spiro atoms. The van der Waals surface area contributed by atoms with Crippen LogP contribution in [0.25, 0.3) is 0 Å². The Morgan fingerprint density at radius 3 is 2.27 bits per heavy atom. The molecule has 0 radical (unpaired) electrons. The molecular weight excluding hydrogens is 426 g/mol. The number of hydrogen-bond acceptors (Lipinski definition) is 4. The first-order valence-electron chi connectivity index (χ1n) is 9.35. The Bertz CT molecular complexity index is 983. The lowest BCUT2D eigenvalue weighted by molar-refractivity contribution is -0.140. The maximum atomic E-state index is 12.9. The summed E-state index contributed by atoms with van der Waals surface area (Å²) in [6, 6.07) is 15.6. The van der Waals surface area contributed by atoms with Crippen LogP contribution < -0.4 is 5.32 Å². The molecular formula is C21H26ClN3O4S. The van der Waals surface area contributed by atoms with E-state index in [-0.39, 0.29) is 25.5 Å². The molecule has 0 aromatic heterocycles. The van der Waals surface area contributed by atoms with E-state index in [2.05, 4.69) is 5.32 Å². The fourth-order valence-corrected chi connectivity index (χ4v) is 3.28. The molecule has 2 aromatic carbocycles. The minimum absolute atomic E-state index is 0.179. The van der Waals surface area contributed by atoms with Crippen LogP contribution in [0.5, 0.6) is 0 Å². The number of nitrogens with zero attached hydrogens (tertiary/aromatic N) is 2. The van der Waals surface area contributed by atoms with Gasteiger partial charge in [-0.25, -0.2) is 8.42 Å². The molecule has 0 heterocycles. The van der Waals surface area contributed by atoms with E-state index < -0.39 is 22.0 Å². The molecule has 0 aliphatic rings. The van der Waals surface area contributed by atoms with Crippen molar-refractivity contribution in [2.75, 3.05) is 19.8 Å². The standard InChI is InChI=1S/C21H26ClN3O4S/c1-16(21(27)23-13-18-11-7-8-12-19(18)22)25(14-17-9-5-4-6-10-17)20(26)15-24(2)30(3,28)29/h4-12,16H,13-15H2,1-3H3,(H,23,27)/t16-/m0/s1. The highest BCUT2D eigenvalue weighted by Gasteiger charge is 2.28. The maximum absolute atomic E-state index is 12.9. The molecule has 2 amide bonds. The predicted molar refractivity (Wildman–Crippen MR) is 117 cm³/mol. The number of sulfonamides is 1. The number of carbonyl (C=O) groups excluding carboxylic acids is 2. The van der Waals surface area contributed by atoms with Gasteiger partial charge in [-0.2, -0.15) is 4.31 Å². The predicted octanol–water partition coefficient (Wildman–Crippen LogP) is 2.26. The van der Waals surface area contributed by atoms with Crippen molar-refractivity contribution < 1.29 is 18.0 Å². The van der Waals surface area contributed by atoms with Crippen LogP contribution in [-0.4, -0.2) is 55.3 Å². The summed E-state index contributed by atoms with van der Waals surface area (Å²) >= 11 is 6.13. The molecule has 162 valence electrons. The molecule has 9 heteroatoms. The summed E-state index contributed by atoms with van der Waals surface area (Å²) in [5.74, 6) is -0.826. The molecule has 0 fully saturated rings. The number of benzene rings is 2. The number of halogens is 1. The Morgan fingerprint density at radius 1 is 1.07 bits per heavy atom. The van der Waals surface area contributed by atoms with E-state index in [1.807, 2.05) is 36.4 Å². The topological polar surface area (TPSA) is 86.8 Å². The normalized spacial score (nSPS) is 12.4. The quantitative estimate of drug-likeness (QED) is 0.633. The van der Waals surface area contributed by atoms with Gasteiger partial charge in [0.2, 0.25) is 21.8 Å². The number of carbonyl (C=O) groups is 2. The average Bonchev–Trinajstić information content (AvgIpc) is 2.70. The zero-order valence-electron chi connectivity index (χ0n) is 17.2. The van der Waals surface area contributed by atoms with Gasteiger partial charge in [-0.05, 0) is 24.1 Å². The number of likely N-dealkylation sites (N-methyl/N-ethyl adjacent to an activating group) is 1. The third-order valence-corrected chi connectivity index (χ3v) is 6.33. The summed E-state index contributed by atoms with van der Waals surface area (Å²) in [7, 11) is -2.20. The highest BCUT2D eigenvalue weighted by Crippen LogP contribution is 2.15. The molecule has 0 bridgehead atoms. The highest BCUT2D eigenvalue weighted by molar-refractivity contribution is 7.88. The molecule has 7 nitrogen and oxygen atoms in total. The number of rotatable bonds is 9. The Kier molecular flexibility index (Phi) is 8.40. The second-order valence-corrected chi connectivity index (χ2v) is 9.51. The fraction of sp³-hybridized carbons (Fsp3) is 0.333. The number of nitrogens with one attached hydrogen (secondary N) is 1. The van der Waals surface area contributed by atoms with Crippen LogP contribution in [0, 0.1) is 0 Å². The van der Waals surface area contributed by atoms with E-state index in [0.717, 1.165) is 21.7 Å². The minimum atomic E-state index is -3.53. The van der Waals surface area contributed by atoms with Crippen LogP contribution in [0.4, 0.5) is 0 Å².